The SMILES string of the molecule is Cn1ccnc1C(=O)c1ccc(NCCCNc2ccncc2)c([N+](=O)[O-])c1. The normalized spacial score (nSPS) is 10.5. The van der Waals surface area contributed by atoms with E-state index in [0.717, 1.165) is 12.1 Å². The predicted molar refractivity (Wildman–Crippen MR) is 106 cm³/mol. The zero-order valence-corrected chi connectivity index (χ0v) is 15.3. The van der Waals surface area contributed by atoms with Gasteiger partial charge in [0, 0.05) is 62.2 Å². The Morgan fingerprint density at radius 1 is 1.14 bits per heavy atom. The average Bonchev–Trinajstić information content (AvgIpc) is 3.14. The Kier molecular flexibility index (Phi) is 5.95. The Morgan fingerprint density at radius 2 is 1.89 bits per heavy atom. The molecule has 0 aliphatic rings. The van der Waals surface area contributed by atoms with Gasteiger partial charge in [-0.1, -0.05) is 0 Å². The number of nitrogens with zero attached hydrogens (tertiary/aromatic N) is 4. The van der Waals surface area contributed by atoms with Crippen molar-refractivity contribution in [1.82, 2.24) is 14.5 Å². The smallest absolute Gasteiger partial charge is 0.293 e. The molecule has 144 valence electrons. The Morgan fingerprint density at radius 3 is 2.57 bits per heavy atom. The number of hydrogen-bond acceptors (Lipinski definition) is 7. The first-order chi connectivity index (χ1) is 13.6. The standard InChI is InChI=1S/C19H20N6O3/c1-24-12-11-23-19(24)18(26)14-3-4-16(17(13-14)25(27)28)22-8-2-7-21-15-5-9-20-10-6-15/h3-6,9-13,22H,2,7-8H2,1H3,(H,20,21). The number of nitrogens with one attached hydrogen (secondary N) is 2. The van der Waals surface area contributed by atoms with E-state index in [4.69, 9.17) is 0 Å². The fourth-order valence-corrected chi connectivity index (χ4v) is 2.70. The van der Waals surface area contributed by atoms with Gasteiger partial charge in [0.05, 0.1) is 4.92 Å². The van der Waals surface area contributed by atoms with E-state index in [-0.39, 0.29) is 22.9 Å². The van der Waals surface area contributed by atoms with Crippen LogP contribution in [-0.4, -0.2) is 38.3 Å². The van der Waals surface area contributed by atoms with Crippen molar-refractivity contribution < 1.29 is 9.72 Å². The summed E-state index contributed by atoms with van der Waals surface area (Å²) >= 11 is 0. The van der Waals surface area contributed by atoms with Gasteiger partial charge in [0.25, 0.3) is 5.69 Å². The van der Waals surface area contributed by atoms with Crippen molar-refractivity contribution in [1.29, 1.82) is 0 Å². The van der Waals surface area contributed by atoms with Crippen LogP contribution in [0.3, 0.4) is 0 Å². The molecule has 28 heavy (non-hydrogen) atoms. The third-order valence-electron chi connectivity index (χ3n) is 4.16. The van der Waals surface area contributed by atoms with Crippen LogP contribution in [0.2, 0.25) is 0 Å². The van der Waals surface area contributed by atoms with E-state index in [0.29, 0.717) is 18.8 Å². The summed E-state index contributed by atoms with van der Waals surface area (Å²) in [7, 11) is 1.70. The lowest BCUT2D eigenvalue weighted by atomic mass is 10.1. The van der Waals surface area contributed by atoms with Gasteiger partial charge in [-0.05, 0) is 30.7 Å². The van der Waals surface area contributed by atoms with Crippen LogP contribution in [0.15, 0.2) is 55.1 Å². The molecule has 2 N–H and O–H groups in total. The zero-order valence-electron chi connectivity index (χ0n) is 15.3. The van der Waals surface area contributed by atoms with Crippen LogP contribution < -0.4 is 10.6 Å². The van der Waals surface area contributed by atoms with Crippen molar-refractivity contribution in [3.05, 3.63) is 76.6 Å². The molecule has 9 heteroatoms. The largest absolute Gasteiger partial charge is 0.385 e. The maximum atomic E-state index is 12.5. The molecule has 0 bridgehead atoms. The van der Waals surface area contributed by atoms with Gasteiger partial charge in [0.2, 0.25) is 5.78 Å². The fourth-order valence-electron chi connectivity index (χ4n) is 2.70. The molecular weight excluding hydrogens is 360 g/mol. The van der Waals surface area contributed by atoms with E-state index in [9.17, 15) is 14.9 Å². The summed E-state index contributed by atoms with van der Waals surface area (Å²) in [6, 6.07) is 8.16. The molecule has 0 radical (unpaired) electrons. The number of nitro groups is 1. The highest BCUT2D eigenvalue weighted by Gasteiger charge is 2.20. The Bertz CT molecular complexity index is 971. The highest BCUT2D eigenvalue weighted by Crippen LogP contribution is 2.26. The predicted octanol–water partition coefficient (Wildman–Crippen LogP) is 2.87. The van der Waals surface area contributed by atoms with Crippen molar-refractivity contribution in [2.75, 3.05) is 23.7 Å². The van der Waals surface area contributed by atoms with Crippen LogP contribution in [-0.2, 0) is 7.05 Å². The molecule has 0 unspecified atom stereocenters. The molecule has 0 saturated heterocycles. The van der Waals surface area contributed by atoms with Gasteiger partial charge in [0.1, 0.15) is 5.69 Å². The molecule has 0 saturated carbocycles. The molecule has 0 aliphatic carbocycles. The Balaban J connectivity index is 1.62. The van der Waals surface area contributed by atoms with E-state index < -0.39 is 4.92 Å². The second-order valence-corrected chi connectivity index (χ2v) is 6.12. The Labute approximate surface area is 161 Å². The molecule has 3 rings (SSSR count). The van der Waals surface area contributed by atoms with E-state index in [2.05, 4.69) is 20.6 Å². The van der Waals surface area contributed by atoms with Crippen LogP contribution >= 0.6 is 0 Å². The van der Waals surface area contributed by atoms with Crippen molar-refractivity contribution in [3.8, 4) is 0 Å². The molecule has 0 atom stereocenters. The lowest BCUT2D eigenvalue weighted by Gasteiger charge is -2.10. The Hall–Kier alpha value is -3.75. The molecule has 2 heterocycles. The molecule has 0 aliphatic heterocycles. The van der Waals surface area contributed by atoms with Crippen molar-refractivity contribution >= 4 is 22.8 Å². The molecule has 0 fully saturated rings. The van der Waals surface area contributed by atoms with Crippen LogP contribution in [0.25, 0.3) is 0 Å². The van der Waals surface area contributed by atoms with Gasteiger partial charge in [-0.2, -0.15) is 0 Å². The number of hydrogen-bond donors (Lipinski definition) is 2. The number of anilines is 2. The quantitative estimate of drug-likeness (QED) is 0.254. The molecule has 9 nitrogen and oxygen atoms in total. The van der Waals surface area contributed by atoms with Crippen molar-refractivity contribution in [2.24, 2.45) is 7.05 Å². The molecule has 0 amide bonds. The lowest BCUT2D eigenvalue weighted by Crippen LogP contribution is -2.12. The van der Waals surface area contributed by atoms with Gasteiger partial charge in [0.15, 0.2) is 5.82 Å². The zero-order chi connectivity index (χ0) is 19.9. The van der Waals surface area contributed by atoms with Gasteiger partial charge < -0.3 is 15.2 Å². The second kappa shape index (κ2) is 8.76. The third-order valence-corrected chi connectivity index (χ3v) is 4.16. The minimum atomic E-state index is -0.493. The fraction of sp³-hybridized carbons (Fsp3) is 0.211. The van der Waals surface area contributed by atoms with Gasteiger partial charge in [-0.15, -0.1) is 0 Å². The molecule has 3 aromatic rings. The number of aryl methyl sites for hydroxylation is 1. The first-order valence-corrected chi connectivity index (χ1v) is 8.74. The number of imidazole rings is 1. The maximum absolute atomic E-state index is 12.5. The second-order valence-electron chi connectivity index (χ2n) is 6.12. The third kappa shape index (κ3) is 4.50. The topological polar surface area (TPSA) is 115 Å². The molecule has 2 aromatic heterocycles. The average molecular weight is 380 g/mol. The van der Waals surface area contributed by atoms with Crippen LogP contribution in [0.5, 0.6) is 0 Å². The van der Waals surface area contributed by atoms with Crippen molar-refractivity contribution in [3.63, 3.8) is 0 Å². The molecule has 0 spiro atoms. The van der Waals surface area contributed by atoms with E-state index in [1.807, 2.05) is 12.1 Å². The maximum Gasteiger partial charge on any atom is 0.293 e. The minimum absolute atomic E-state index is 0.137. The summed E-state index contributed by atoms with van der Waals surface area (Å²) in [6.07, 6.45) is 7.33. The van der Waals surface area contributed by atoms with Gasteiger partial charge in [-0.25, -0.2) is 4.98 Å². The van der Waals surface area contributed by atoms with Gasteiger partial charge in [-0.3, -0.25) is 19.9 Å². The first-order valence-electron chi connectivity index (χ1n) is 8.74. The highest BCUT2D eigenvalue weighted by atomic mass is 16.6. The van der Waals surface area contributed by atoms with Crippen LogP contribution in [0.1, 0.15) is 22.6 Å². The van der Waals surface area contributed by atoms with Crippen LogP contribution in [0, 0.1) is 10.1 Å². The van der Waals surface area contributed by atoms with E-state index in [1.165, 1.54) is 12.3 Å². The summed E-state index contributed by atoms with van der Waals surface area (Å²) in [6.45, 7) is 1.26. The first kappa shape index (κ1) is 19.0. The number of aromatic nitrogens is 3. The number of carbonyl (C=O) groups excluding carboxylic acids is 1. The minimum Gasteiger partial charge on any atom is -0.385 e. The summed E-state index contributed by atoms with van der Waals surface area (Å²) < 4.78 is 1.58. The van der Waals surface area contributed by atoms with E-state index in [1.54, 1.807) is 42.3 Å². The van der Waals surface area contributed by atoms with Crippen LogP contribution in [0.4, 0.5) is 17.1 Å². The summed E-state index contributed by atoms with van der Waals surface area (Å²) in [5.41, 5.74) is 1.44. The van der Waals surface area contributed by atoms with Crippen molar-refractivity contribution in [2.45, 2.75) is 6.42 Å². The lowest BCUT2D eigenvalue weighted by molar-refractivity contribution is -0.384. The highest BCUT2D eigenvalue weighted by molar-refractivity contribution is 6.07. The number of nitro benzene ring substituents is 1. The number of rotatable bonds is 9. The summed E-state index contributed by atoms with van der Waals surface area (Å²) in [5, 5.41) is 17.8. The molecule has 1 aromatic carbocycles. The summed E-state index contributed by atoms with van der Waals surface area (Å²) in [4.78, 5) is 31.4. The molecular formula is C19H20N6O3. The number of ketones is 1. The van der Waals surface area contributed by atoms with E-state index >= 15 is 0 Å². The number of pyridine rings is 1. The number of carbonyl (C=O) groups is 1. The number of benzene rings is 1. The monoisotopic (exact) mass is 380 g/mol. The van der Waals surface area contributed by atoms with Gasteiger partial charge >= 0.3 is 0 Å². The summed E-state index contributed by atoms with van der Waals surface area (Å²) in [5.74, 6) is -0.124.